The van der Waals surface area contributed by atoms with Crippen LogP contribution in [0.15, 0.2) is 23.0 Å². The van der Waals surface area contributed by atoms with Gasteiger partial charge in [-0.15, -0.1) is 0 Å². The molecule has 1 saturated carbocycles. The monoisotopic (exact) mass is 503 g/mol. The number of aromatic amines is 1. The minimum Gasteiger partial charge on any atom is -0.488 e. The van der Waals surface area contributed by atoms with Gasteiger partial charge in [-0.1, -0.05) is 0 Å². The summed E-state index contributed by atoms with van der Waals surface area (Å²) < 4.78 is 38.5. The summed E-state index contributed by atoms with van der Waals surface area (Å²) in [6.07, 6.45) is 0.506. The van der Waals surface area contributed by atoms with Crippen LogP contribution in [0, 0.1) is 20.8 Å². The number of hydrogen-bond acceptors (Lipinski definition) is 5. The lowest BCUT2D eigenvalue weighted by atomic mass is 9.90. The number of rotatable bonds is 8. The van der Waals surface area contributed by atoms with E-state index in [1.54, 1.807) is 12.1 Å². The quantitative estimate of drug-likeness (QED) is 0.558. The number of alkyl halides is 2. The van der Waals surface area contributed by atoms with Crippen molar-refractivity contribution >= 4 is 11.6 Å². The Balaban J connectivity index is 1.63. The van der Waals surface area contributed by atoms with Crippen LogP contribution in [0.4, 0.5) is 14.5 Å². The average Bonchev–Trinajstić information content (AvgIpc) is 2.80. The summed E-state index contributed by atoms with van der Waals surface area (Å²) in [7, 11) is 0. The fourth-order valence-electron chi connectivity index (χ4n) is 5.20. The van der Waals surface area contributed by atoms with Gasteiger partial charge in [-0.05, 0) is 69.9 Å². The molecule has 0 radical (unpaired) electrons. The molecule has 0 atom stereocenters. The predicted molar refractivity (Wildman–Crippen MR) is 134 cm³/mol. The van der Waals surface area contributed by atoms with Crippen molar-refractivity contribution in [3.63, 3.8) is 0 Å². The Morgan fingerprint density at radius 3 is 2.53 bits per heavy atom. The lowest BCUT2D eigenvalue weighted by Gasteiger charge is -2.40. The topological polar surface area (TPSA) is 83.7 Å². The number of amides is 1. The first-order chi connectivity index (χ1) is 17.1. The molecular formula is C27H35F2N3O4. The number of pyridine rings is 1. The van der Waals surface area contributed by atoms with Gasteiger partial charge >= 0.3 is 0 Å². The maximum atomic E-state index is 13.5. The second kappa shape index (κ2) is 10.6. The Bertz CT molecular complexity index is 1170. The number of nitrogens with one attached hydrogen (secondary N) is 2. The molecule has 1 aromatic heterocycles. The fraction of sp³-hybridized carbons (Fsp3) is 0.556. The molecule has 1 amide bonds. The van der Waals surface area contributed by atoms with Crippen LogP contribution >= 0.6 is 0 Å². The fourth-order valence-corrected chi connectivity index (χ4v) is 5.20. The third-order valence-electron chi connectivity index (χ3n) is 7.16. The van der Waals surface area contributed by atoms with Crippen LogP contribution in [0.25, 0.3) is 0 Å². The van der Waals surface area contributed by atoms with Crippen molar-refractivity contribution < 1.29 is 23.0 Å². The molecular weight excluding hydrogens is 468 g/mol. The number of carbonyl (C=O) groups excluding carboxylic acids is 1. The molecule has 2 aliphatic rings. The predicted octanol–water partition coefficient (Wildman–Crippen LogP) is 4.41. The van der Waals surface area contributed by atoms with E-state index in [1.165, 1.54) is 0 Å². The van der Waals surface area contributed by atoms with Crippen molar-refractivity contribution in [3.05, 3.63) is 56.5 Å². The highest BCUT2D eigenvalue weighted by atomic mass is 19.3. The largest absolute Gasteiger partial charge is 0.488 e. The van der Waals surface area contributed by atoms with Crippen LogP contribution in [-0.2, 0) is 11.3 Å². The summed E-state index contributed by atoms with van der Waals surface area (Å²) in [5.74, 6) is -2.47. The summed E-state index contributed by atoms with van der Waals surface area (Å²) in [5, 5.41) is 2.88. The first-order valence-corrected chi connectivity index (χ1v) is 12.6. The number of halogens is 2. The molecule has 0 spiro atoms. The summed E-state index contributed by atoms with van der Waals surface area (Å²) in [5.41, 5.74) is 3.81. The van der Waals surface area contributed by atoms with Crippen LogP contribution in [0.3, 0.4) is 0 Å². The highest BCUT2D eigenvalue weighted by Crippen LogP contribution is 2.43. The first-order valence-electron chi connectivity index (χ1n) is 12.6. The molecule has 1 aliphatic heterocycles. The Labute approximate surface area is 210 Å². The summed E-state index contributed by atoms with van der Waals surface area (Å²) in [6.45, 7) is 9.62. The number of nitrogens with zero attached hydrogens (tertiary/aromatic N) is 1. The number of aryl methyl sites for hydroxylation is 2. The maximum absolute atomic E-state index is 13.5. The van der Waals surface area contributed by atoms with Crippen LogP contribution in [0.5, 0.6) is 5.75 Å². The lowest BCUT2D eigenvalue weighted by molar-refractivity contribution is -0.134. The number of H-pyrrole nitrogens is 1. The lowest BCUT2D eigenvalue weighted by Crippen LogP contribution is -2.44. The minimum atomic E-state index is -2.68. The van der Waals surface area contributed by atoms with Gasteiger partial charge < -0.3 is 24.7 Å². The summed E-state index contributed by atoms with van der Waals surface area (Å²) in [6, 6.07) is 5.44. The Hall–Kier alpha value is -2.94. The van der Waals surface area contributed by atoms with Gasteiger partial charge in [-0.3, -0.25) is 9.59 Å². The number of anilines is 1. The van der Waals surface area contributed by atoms with Crippen LogP contribution in [-0.4, -0.2) is 48.7 Å². The Morgan fingerprint density at radius 1 is 1.22 bits per heavy atom. The maximum Gasteiger partial charge on any atom is 0.255 e. The van der Waals surface area contributed by atoms with Gasteiger partial charge in [0.1, 0.15) is 11.9 Å². The van der Waals surface area contributed by atoms with E-state index >= 15 is 0 Å². The number of aromatic nitrogens is 1. The van der Waals surface area contributed by atoms with Gasteiger partial charge in [0.2, 0.25) is 0 Å². The van der Waals surface area contributed by atoms with Crippen molar-refractivity contribution in [2.75, 3.05) is 24.7 Å². The van der Waals surface area contributed by atoms with Gasteiger partial charge in [0, 0.05) is 62.0 Å². The standard InChI is InChI=1S/C27H35F2N3O4/c1-5-32(19-8-10-35-11-9-19)24-18(4)21(6-7-23(24)36-20-13-27(28,29)14-20)25(33)30-15-22-16(2)12-17(3)31-26(22)34/h6-7,12,19-20H,5,8-11,13-15H2,1-4H3,(H,30,33)(H,31,34). The smallest absolute Gasteiger partial charge is 0.255 e. The van der Waals surface area contributed by atoms with E-state index in [-0.39, 0.29) is 36.9 Å². The molecule has 0 bridgehead atoms. The summed E-state index contributed by atoms with van der Waals surface area (Å²) in [4.78, 5) is 30.6. The van der Waals surface area contributed by atoms with Crippen molar-refractivity contribution in [3.8, 4) is 5.75 Å². The average molecular weight is 504 g/mol. The molecule has 2 heterocycles. The third kappa shape index (κ3) is 5.56. The highest BCUT2D eigenvalue weighted by Gasteiger charge is 2.47. The molecule has 2 fully saturated rings. The molecule has 1 saturated heterocycles. The summed E-state index contributed by atoms with van der Waals surface area (Å²) >= 11 is 0. The van der Waals surface area contributed by atoms with Gasteiger partial charge in [-0.25, -0.2) is 8.78 Å². The molecule has 2 N–H and O–H groups in total. The van der Waals surface area contributed by atoms with Gasteiger partial charge in [-0.2, -0.15) is 0 Å². The molecule has 196 valence electrons. The zero-order chi connectivity index (χ0) is 26.0. The highest BCUT2D eigenvalue weighted by molar-refractivity contribution is 5.97. The van der Waals surface area contributed by atoms with Crippen molar-refractivity contribution in [2.24, 2.45) is 0 Å². The van der Waals surface area contributed by atoms with E-state index in [1.807, 2.05) is 33.8 Å². The van der Waals surface area contributed by atoms with E-state index in [4.69, 9.17) is 9.47 Å². The van der Waals surface area contributed by atoms with Crippen LogP contribution in [0.2, 0.25) is 0 Å². The van der Waals surface area contributed by atoms with E-state index < -0.39 is 12.0 Å². The van der Waals surface area contributed by atoms with E-state index in [2.05, 4.69) is 15.2 Å². The van der Waals surface area contributed by atoms with Crippen molar-refractivity contribution in [2.45, 2.75) is 78.0 Å². The van der Waals surface area contributed by atoms with E-state index in [0.717, 1.165) is 35.3 Å². The second-order valence-electron chi connectivity index (χ2n) is 9.84. The van der Waals surface area contributed by atoms with Crippen molar-refractivity contribution in [1.82, 2.24) is 10.3 Å². The zero-order valence-electron chi connectivity index (χ0n) is 21.4. The van der Waals surface area contributed by atoms with Crippen molar-refractivity contribution in [1.29, 1.82) is 0 Å². The molecule has 2 aromatic rings. The van der Waals surface area contributed by atoms with E-state index in [9.17, 15) is 18.4 Å². The molecule has 1 aliphatic carbocycles. The van der Waals surface area contributed by atoms with Gasteiger partial charge in [0.25, 0.3) is 17.4 Å². The molecule has 36 heavy (non-hydrogen) atoms. The van der Waals surface area contributed by atoms with E-state index in [0.29, 0.717) is 36.6 Å². The van der Waals surface area contributed by atoms with Gasteiger partial charge in [0.05, 0.1) is 5.69 Å². The first kappa shape index (κ1) is 26.1. The van der Waals surface area contributed by atoms with Gasteiger partial charge in [0.15, 0.2) is 0 Å². The molecule has 1 aromatic carbocycles. The van der Waals surface area contributed by atoms with Crippen LogP contribution in [0.1, 0.15) is 65.3 Å². The minimum absolute atomic E-state index is 0.0991. The number of benzene rings is 1. The van der Waals surface area contributed by atoms with Crippen LogP contribution < -0.4 is 20.5 Å². The SMILES string of the molecule is CCN(c1c(OC2CC(F)(F)C2)ccc(C(=O)NCc2c(C)cc(C)[nH]c2=O)c1C)C1CCOCC1. The third-order valence-corrected chi connectivity index (χ3v) is 7.16. The molecule has 0 unspecified atom stereocenters. The molecule has 9 heteroatoms. The Morgan fingerprint density at radius 2 is 1.92 bits per heavy atom. The Kier molecular flexibility index (Phi) is 7.68. The number of hydrogen-bond donors (Lipinski definition) is 2. The number of carbonyl (C=O) groups is 1. The molecule has 7 nitrogen and oxygen atoms in total. The molecule has 4 rings (SSSR count). The zero-order valence-corrected chi connectivity index (χ0v) is 21.4. The normalized spacial score (nSPS) is 17.9. The second-order valence-corrected chi connectivity index (χ2v) is 9.84. The number of ether oxygens (including phenoxy) is 2.